The van der Waals surface area contributed by atoms with E-state index in [9.17, 15) is 14.4 Å². The third-order valence-electron chi connectivity index (χ3n) is 6.90. The Morgan fingerprint density at radius 2 is 1.72 bits per heavy atom. The van der Waals surface area contributed by atoms with Crippen molar-refractivity contribution in [3.63, 3.8) is 0 Å². The van der Waals surface area contributed by atoms with Crippen LogP contribution in [0.15, 0.2) is 18.2 Å². The predicted octanol–water partition coefficient (Wildman–Crippen LogP) is 1.38. The minimum Gasteiger partial charge on any atom is -0.496 e. The van der Waals surface area contributed by atoms with Crippen LogP contribution in [0.4, 0.5) is 0 Å². The third-order valence-corrected chi connectivity index (χ3v) is 6.90. The molecule has 0 saturated carbocycles. The number of Topliss-reactive ketones (excluding diaryl/α,β-unsaturated/α-hetero) is 1. The first-order valence-electron chi connectivity index (χ1n) is 11.4. The average Bonchev–Trinajstić information content (AvgIpc) is 3.29. The van der Waals surface area contributed by atoms with Crippen molar-refractivity contribution in [2.24, 2.45) is 5.41 Å². The maximum atomic E-state index is 13.1. The lowest BCUT2D eigenvalue weighted by Gasteiger charge is -2.38. The predicted molar refractivity (Wildman–Crippen MR) is 120 cm³/mol. The van der Waals surface area contributed by atoms with E-state index in [1.54, 1.807) is 14.0 Å². The molecule has 1 aromatic rings. The topological polar surface area (TPSA) is 82.2 Å². The Balaban J connectivity index is 1.52. The van der Waals surface area contributed by atoms with Crippen LogP contribution in [0.2, 0.25) is 0 Å². The molecule has 2 amide bonds. The van der Waals surface area contributed by atoms with E-state index in [1.807, 2.05) is 30.9 Å². The summed E-state index contributed by atoms with van der Waals surface area (Å²) in [7, 11) is 1.68. The summed E-state index contributed by atoms with van der Waals surface area (Å²) in [6.07, 6.45) is 2.45. The molecule has 8 nitrogen and oxygen atoms in total. The van der Waals surface area contributed by atoms with Gasteiger partial charge in [-0.1, -0.05) is 19.9 Å². The molecule has 3 fully saturated rings. The van der Waals surface area contributed by atoms with Gasteiger partial charge in [-0.15, -0.1) is 0 Å². The number of ketones is 1. The summed E-state index contributed by atoms with van der Waals surface area (Å²) in [5.41, 5.74) is 0.191. The summed E-state index contributed by atoms with van der Waals surface area (Å²) >= 11 is 0. The van der Waals surface area contributed by atoms with Gasteiger partial charge in [0.05, 0.1) is 20.2 Å². The number of nitrogens with zero attached hydrogens (tertiary/aromatic N) is 3. The van der Waals surface area contributed by atoms with E-state index < -0.39 is 11.1 Å². The summed E-state index contributed by atoms with van der Waals surface area (Å²) in [5.74, 6) is 0.344. The maximum Gasteiger partial charge on any atom is 0.238 e. The number of hydrogen-bond acceptors (Lipinski definition) is 6. The van der Waals surface area contributed by atoms with E-state index in [0.29, 0.717) is 13.1 Å². The second kappa shape index (κ2) is 8.48. The van der Waals surface area contributed by atoms with Crippen LogP contribution in [0.5, 0.6) is 5.75 Å². The number of carbonyl (C=O) groups is 3. The Kier molecular flexibility index (Phi) is 6.02. The van der Waals surface area contributed by atoms with Crippen molar-refractivity contribution in [2.45, 2.75) is 52.4 Å². The minimum atomic E-state index is -1.27. The van der Waals surface area contributed by atoms with Crippen molar-refractivity contribution in [3.05, 3.63) is 29.3 Å². The molecule has 0 aromatic heterocycles. The number of rotatable bonds is 5. The Hall–Kier alpha value is -2.45. The zero-order valence-electron chi connectivity index (χ0n) is 19.6. The van der Waals surface area contributed by atoms with Gasteiger partial charge < -0.3 is 15.0 Å². The fourth-order valence-corrected chi connectivity index (χ4v) is 5.32. The molecule has 1 aromatic carbocycles. The summed E-state index contributed by atoms with van der Waals surface area (Å²) < 4.78 is 5.56. The Morgan fingerprint density at radius 3 is 2.41 bits per heavy atom. The Bertz CT molecular complexity index is 925. The van der Waals surface area contributed by atoms with Crippen molar-refractivity contribution < 1.29 is 19.1 Å². The molecule has 1 N–H and O–H groups in total. The number of nitrogens with one attached hydrogen (secondary N) is 1. The molecule has 0 spiro atoms. The van der Waals surface area contributed by atoms with Gasteiger partial charge in [-0.2, -0.15) is 0 Å². The van der Waals surface area contributed by atoms with Gasteiger partial charge in [-0.25, -0.2) is 0 Å². The lowest BCUT2D eigenvalue weighted by Crippen LogP contribution is -2.65. The molecule has 174 valence electrons. The number of fused-ring (bicyclic) bond motifs is 1. The molecule has 0 radical (unpaired) electrons. The van der Waals surface area contributed by atoms with Crippen molar-refractivity contribution in [1.82, 2.24) is 20.0 Å². The molecule has 8 heteroatoms. The van der Waals surface area contributed by atoms with Crippen LogP contribution in [-0.4, -0.2) is 77.8 Å². The normalized spacial score (nSPS) is 26.6. The molecular formula is C24H34N4O4. The van der Waals surface area contributed by atoms with Crippen LogP contribution in [0, 0.1) is 5.41 Å². The number of likely N-dealkylation sites (tertiary alicyclic amines) is 1. The van der Waals surface area contributed by atoms with Crippen LogP contribution >= 0.6 is 0 Å². The van der Waals surface area contributed by atoms with Crippen molar-refractivity contribution >= 4 is 17.6 Å². The first-order chi connectivity index (χ1) is 15.1. The first kappa shape index (κ1) is 22.7. The molecule has 1 atom stereocenters. The van der Waals surface area contributed by atoms with Gasteiger partial charge in [-0.3, -0.25) is 24.2 Å². The van der Waals surface area contributed by atoms with Gasteiger partial charge in [-0.05, 0) is 50.6 Å². The Morgan fingerprint density at radius 1 is 1.00 bits per heavy atom. The zero-order chi connectivity index (χ0) is 23.1. The van der Waals surface area contributed by atoms with Crippen LogP contribution in [0.25, 0.3) is 0 Å². The lowest BCUT2D eigenvalue weighted by molar-refractivity contribution is -0.149. The van der Waals surface area contributed by atoms with Gasteiger partial charge in [0, 0.05) is 30.6 Å². The van der Waals surface area contributed by atoms with E-state index in [0.717, 1.165) is 36.5 Å². The van der Waals surface area contributed by atoms with E-state index >= 15 is 0 Å². The van der Waals surface area contributed by atoms with Gasteiger partial charge in [0.1, 0.15) is 5.75 Å². The lowest BCUT2D eigenvalue weighted by atomic mass is 9.87. The van der Waals surface area contributed by atoms with Crippen molar-refractivity contribution in [2.75, 3.05) is 39.8 Å². The molecular weight excluding hydrogens is 408 g/mol. The smallest absolute Gasteiger partial charge is 0.238 e. The van der Waals surface area contributed by atoms with Gasteiger partial charge >= 0.3 is 0 Å². The molecule has 1 unspecified atom stereocenters. The monoisotopic (exact) mass is 442 g/mol. The molecule has 3 aliphatic heterocycles. The third kappa shape index (κ3) is 4.26. The van der Waals surface area contributed by atoms with Crippen LogP contribution in [-0.2, 0) is 27.5 Å². The van der Waals surface area contributed by atoms with E-state index in [4.69, 9.17) is 4.74 Å². The summed E-state index contributed by atoms with van der Waals surface area (Å²) in [6, 6.07) is 6.07. The van der Waals surface area contributed by atoms with Gasteiger partial charge in [0.25, 0.3) is 0 Å². The van der Waals surface area contributed by atoms with Gasteiger partial charge in [0.2, 0.25) is 11.8 Å². The number of amides is 2. The number of methoxy groups -OCH3 is 1. The highest BCUT2D eigenvalue weighted by molar-refractivity contribution is 6.02. The number of hydrogen-bond donors (Lipinski definition) is 1. The fraction of sp³-hybridized carbons (Fsp3) is 0.625. The largest absolute Gasteiger partial charge is 0.496 e. The van der Waals surface area contributed by atoms with Crippen molar-refractivity contribution in [3.8, 4) is 5.75 Å². The highest BCUT2D eigenvalue weighted by atomic mass is 16.5. The SMILES string of the molecule is COc1ccc(CN2CC(=O)NC3(C)C(=O)C(C)(C)CN3C(=O)C2)cc1CN1CCCC1. The van der Waals surface area contributed by atoms with Crippen LogP contribution < -0.4 is 10.1 Å². The standard InChI is InChI=1S/C24H34N4O4/c1-23(2)16-28-21(30)15-27(14-20(29)25-24(28,3)22(23)31)12-17-7-8-19(32-4)18(11-17)13-26-9-5-6-10-26/h7-8,11H,5-6,9-10,12-16H2,1-4H3,(H,25,29). The molecule has 0 bridgehead atoms. The van der Waals surface area contributed by atoms with E-state index in [1.165, 1.54) is 17.7 Å². The molecule has 32 heavy (non-hydrogen) atoms. The maximum absolute atomic E-state index is 13.1. The van der Waals surface area contributed by atoms with Crippen LogP contribution in [0.3, 0.4) is 0 Å². The zero-order valence-corrected chi connectivity index (χ0v) is 19.6. The Labute approximate surface area is 189 Å². The molecule has 3 aliphatic rings. The number of ether oxygens (including phenoxy) is 1. The highest BCUT2D eigenvalue weighted by Crippen LogP contribution is 2.37. The average molecular weight is 443 g/mol. The molecule has 3 heterocycles. The van der Waals surface area contributed by atoms with Crippen molar-refractivity contribution in [1.29, 1.82) is 0 Å². The second-order valence-electron chi connectivity index (χ2n) is 10.1. The number of carbonyl (C=O) groups excluding carboxylic acids is 3. The van der Waals surface area contributed by atoms with Crippen LogP contribution in [0.1, 0.15) is 44.7 Å². The highest BCUT2D eigenvalue weighted by Gasteiger charge is 2.57. The minimum absolute atomic E-state index is 0.0658. The molecule has 3 saturated heterocycles. The molecule has 4 rings (SSSR count). The fourth-order valence-electron chi connectivity index (χ4n) is 5.32. The van der Waals surface area contributed by atoms with E-state index in [-0.39, 0.29) is 30.7 Å². The molecule has 0 aliphatic carbocycles. The van der Waals surface area contributed by atoms with Gasteiger partial charge in [0.15, 0.2) is 11.4 Å². The number of benzene rings is 1. The second-order valence-corrected chi connectivity index (χ2v) is 10.1. The first-order valence-corrected chi connectivity index (χ1v) is 11.4. The van der Waals surface area contributed by atoms with E-state index in [2.05, 4.69) is 16.3 Å². The quantitative estimate of drug-likeness (QED) is 0.742. The summed E-state index contributed by atoms with van der Waals surface area (Å²) in [4.78, 5) is 44.6. The summed E-state index contributed by atoms with van der Waals surface area (Å²) in [6.45, 7) is 9.25. The summed E-state index contributed by atoms with van der Waals surface area (Å²) in [5, 5.41) is 2.83.